The van der Waals surface area contributed by atoms with Gasteiger partial charge < -0.3 is 0 Å². The number of thiazole rings is 1. The molecular formula is C14H16N2OS. The second-order valence-corrected chi connectivity index (χ2v) is 6.01. The van der Waals surface area contributed by atoms with Crippen molar-refractivity contribution in [2.45, 2.75) is 26.2 Å². The molecule has 0 saturated heterocycles. The Bertz CT molecular complexity index is 524. The van der Waals surface area contributed by atoms with Crippen LogP contribution in [-0.2, 0) is 5.41 Å². The highest BCUT2D eigenvalue weighted by molar-refractivity contribution is 7.13. The average molecular weight is 260 g/mol. The quantitative estimate of drug-likeness (QED) is 0.894. The minimum absolute atomic E-state index is 0.102. The van der Waals surface area contributed by atoms with E-state index in [4.69, 9.17) is 0 Å². The molecule has 1 N–H and O–H groups in total. The van der Waals surface area contributed by atoms with Gasteiger partial charge in [0, 0.05) is 17.1 Å². The lowest BCUT2D eigenvalue weighted by molar-refractivity contribution is 0.102. The summed E-state index contributed by atoms with van der Waals surface area (Å²) in [6.07, 6.45) is 1.67. The van der Waals surface area contributed by atoms with Gasteiger partial charge in [-0.05, 0) is 23.1 Å². The van der Waals surface area contributed by atoms with E-state index < -0.39 is 0 Å². The maximum atomic E-state index is 11.9. The van der Waals surface area contributed by atoms with Crippen molar-refractivity contribution >= 4 is 22.4 Å². The number of rotatable bonds is 2. The molecule has 0 fully saturated rings. The molecule has 1 aromatic heterocycles. The van der Waals surface area contributed by atoms with E-state index in [2.05, 4.69) is 31.1 Å². The van der Waals surface area contributed by atoms with E-state index in [1.807, 2.05) is 29.6 Å². The van der Waals surface area contributed by atoms with Gasteiger partial charge in [0.25, 0.3) is 5.91 Å². The zero-order valence-corrected chi connectivity index (χ0v) is 11.5. The fourth-order valence-corrected chi connectivity index (χ4v) is 2.10. The van der Waals surface area contributed by atoms with Gasteiger partial charge in [0.05, 0.1) is 0 Å². The van der Waals surface area contributed by atoms with Gasteiger partial charge >= 0.3 is 0 Å². The number of carbonyl (C=O) groups is 1. The molecule has 0 aliphatic heterocycles. The third kappa shape index (κ3) is 2.96. The molecular weight excluding hydrogens is 244 g/mol. The molecule has 2 rings (SSSR count). The van der Waals surface area contributed by atoms with Gasteiger partial charge in [0.2, 0.25) is 0 Å². The van der Waals surface area contributed by atoms with Crippen LogP contribution in [0.4, 0.5) is 5.13 Å². The van der Waals surface area contributed by atoms with Crippen LogP contribution in [-0.4, -0.2) is 10.9 Å². The van der Waals surface area contributed by atoms with Crippen LogP contribution in [0.2, 0.25) is 0 Å². The summed E-state index contributed by atoms with van der Waals surface area (Å²) in [4.78, 5) is 16.0. The predicted octanol–water partition coefficient (Wildman–Crippen LogP) is 3.69. The van der Waals surface area contributed by atoms with Crippen molar-refractivity contribution in [2.75, 3.05) is 5.32 Å². The van der Waals surface area contributed by atoms with Crippen molar-refractivity contribution in [1.29, 1.82) is 0 Å². The molecule has 0 atom stereocenters. The number of amides is 1. The lowest BCUT2D eigenvalue weighted by Gasteiger charge is -2.18. The number of hydrogen-bond acceptors (Lipinski definition) is 3. The first-order valence-corrected chi connectivity index (χ1v) is 6.66. The monoisotopic (exact) mass is 260 g/mol. The van der Waals surface area contributed by atoms with Gasteiger partial charge in [0.15, 0.2) is 5.13 Å². The Morgan fingerprint density at radius 2 is 1.89 bits per heavy atom. The minimum atomic E-state index is -0.120. The number of aromatic nitrogens is 1. The predicted molar refractivity (Wildman–Crippen MR) is 75.2 cm³/mol. The van der Waals surface area contributed by atoms with E-state index in [1.165, 1.54) is 16.9 Å². The number of nitrogens with zero attached hydrogens (tertiary/aromatic N) is 1. The number of anilines is 1. The van der Waals surface area contributed by atoms with Crippen molar-refractivity contribution in [3.63, 3.8) is 0 Å². The van der Waals surface area contributed by atoms with Crippen molar-refractivity contribution in [2.24, 2.45) is 0 Å². The molecule has 2 aromatic rings. The molecule has 1 aromatic carbocycles. The van der Waals surface area contributed by atoms with E-state index in [1.54, 1.807) is 6.20 Å². The standard InChI is InChI=1S/C14H16N2OS/c1-14(2,3)11-6-4-10(5-7-11)12(17)16-13-15-8-9-18-13/h4-9H,1-3H3,(H,15,16,17). The van der Waals surface area contributed by atoms with E-state index >= 15 is 0 Å². The van der Waals surface area contributed by atoms with Crippen LogP contribution < -0.4 is 5.32 Å². The van der Waals surface area contributed by atoms with Gasteiger partial charge in [-0.25, -0.2) is 4.98 Å². The van der Waals surface area contributed by atoms with Crippen LogP contribution in [0.15, 0.2) is 35.8 Å². The summed E-state index contributed by atoms with van der Waals surface area (Å²) >= 11 is 1.41. The molecule has 0 saturated carbocycles. The summed E-state index contributed by atoms with van der Waals surface area (Å²) < 4.78 is 0. The molecule has 0 radical (unpaired) electrons. The van der Waals surface area contributed by atoms with Gasteiger partial charge in [-0.1, -0.05) is 32.9 Å². The Hall–Kier alpha value is -1.68. The number of benzene rings is 1. The first-order chi connectivity index (χ1) is 8.47. The Labute approximate surface area is 111 Å². The molecule has 3 nitrogen and oxygen atoms in total. The summed E-state index contributed by atoms with van der Waals surface area (Å²) in [5, 5.41) is 5.22. The Morgan fingerprint density at radius 1 is 1.22 bits per heavy atom. The average Bonchev–Trinajstić information content (AvgIpc) is 2.81. The summed E-state index contributed by atoms with van der Waals surface area (Å²) in [5.41, 5.74) is 1.97. The Kier molecular flexibility index (Phi) is 3.48. The highest BCUT2D eigenvalue weighted by Crippen LogP contribution is 2.22. The molecule has 18 heavy (non-hydrogen) atoms. The van der Waals surface area contributed by atoms with Gasteiger partial charge in [-0.2, -0.15) is 0 Å². The highest BCUT2D eigenvalue weighted by atomic mass is 32.1. The summed E-state index contributed by atoms with van der Waals surface area (Å²) in [7, 11) is 0. The second-order valence-electron chi connectivity index (χ2n) is 5.12. The van der Waals surface area contributed by atoms with Crippen LogP contribution in [0.25, 0.3) is 0 Å². The van der Waals surface area contributed by atoms with Crippen LogP contribution in [0.1, 0.15) is 36.7 Å². The second kappa shape index (κ2) is 4.90. The number of hydrogen-bond donors (Lipinski definition) is 1. The third-order valence-corrected chi connectivity index (χ3v) is 3.35. The molecule has 0 unspecified atom stereocenters. The maximum absolute atomic E-state index is 11.9. The molecule has 1 heterocycles. The summed E-state index contributed by atoms with van der Waals surface area (Å²) in [6, 6.07) is 7.70. The topological polar surface area (TPSA) is 42.0 Å². The van der Waals surface area contributed by atoms with Crippen molar-refractivity contribution in [3.05, 3.63) is 47.0 Å². The third-order valence-electron chi connectivity index (χ3n) is 2.67. The number of nitrogens with one attached hydrogen (secondary N) is 1. The minimum Gasteiger partial charge on any atom is -0.298 e. The molecule has 1 amide bonds. The zero-order valence-electron chi connectivity index (χ0n) is 10.7. The summed E-state index contributed by atoms with van der Waals surface area (Å²) in [6.45, 7) is 6.45. The smallest absolute Gasteiger partial charge is 0.257 e. The van der Waals surface area contributed by atoms with Gasteiger partial charge in [0.1, 0.15) is 0 Å². The molecule has 4 heteroatoms. The van der Waals surface area contributed by atoms with Gasteiger partial charge in [-0.3, -0.25) is 10.1 Å². The molecule has 94 valence electrons. The normalized spacial score (nSPS) is 11.3. The van der Waals surface area contributed by atoms with Crippen LogP contribution in [0, 0.1) is 0 Å². The van der Waals surface area contributed by atoms with Crippen LogP contribution >= 0.6 is 11.3 Å². The fourth-order valence-electron chi connectivity index (χ4n) is 1.58. The summed E-state index contributed by atoms with van der Waals surface area (Å²) in [5.74, 6) is -0.120. The SMILES string of the molecule is CC(C)(C)c1ccc(C(=O)Nc2nccs2)cc1. The van der Waals surface area contributed by atoms with Crippen LogP contribution in [0.5, 0.6) is 0 Å². The van der Waals surface area contributed by atoms with Crippen molar-refractivity contribution in [3.8, 4) is 0 Å². The molecule has 0 spiro atoms. The molecule has 0 bridgehead atoms. The Balaban J connectivity index is 2.12. The zero-order chi connectivity index (χ0) is 13.2. The van der Waals surface area contributed by atoms with Crippen molar-refractivity contribution in [1.82, 2.24) is 4.98 Å². The largest absolute Gasteiger partial charge is 0.298 e. The lowest BCUT2D eigenvalue weighted by Crippen LogP contribution is -2.14. The van der Waals surface area contributed by atoms with E-state index in [0.29, 0.717) is 10.7 Å². The lowest BCUT2D eigenvalue weighted by atomic mass is 9.87. The Morgan fingerprint density at radius 3 is 2.39 bits per heavy atom. The maximum Gasteiger partial charge on any atom is 0.257 e. The first kappa shape index (κ1) is 12.8. The first-order valence-electron chi connectivity index (χ1n) is 5.78. The molecule has 0 aliphatic rings. The van der Waals surface area contributed by atoms with E-state index in [0.717, 1.165) is 0 Å². The molecule has 0 aliphatic carbocycles. The highest BCUT2D eigenvalue weighted by Gasteiger charge is 2.14. The van der Waals surface area contributed by atoms with Crippen molar-refractivity contribution < 1.29 is 4.79 Å². The number of carbonyl (C=O) groups excluding carboxylic acids is 1. The van der Waals surface area contributed by atoms with E-state index in [-0.39, 0.29) is 11.3 Å². The van der Waals surface area contributed by atoms with Gasteiger partial charge in [-0.15, -0.1) is 11.3 Å². The fraction of sp³-hybridized carbons (Fsp3) is 0.286. The van der Waals surface area contributed by atoms with E-state index in [9.17, 15) is 4.79 Å². The van der Waals surface area contributed by atoms with Crippen LogP contribution in [0.3, 0.4) is 0 Å².